The zero-order valence-electron chi connectivity index (χ0n) is 8.66. The molecule has 3 nitrogen and oxygen atoms in total. The minimum atomic E-state index is -3.26. The summed E-state index contributed by atoms with van der Waals surface area (Å²) in [7, 11) is -3.26. The second-order valence-electron chi connectivity index (χ2n) is 4.22. The van der Waals surface area contributed by atoms with Gasteiger partial charge in [-0.25, -0.2) is 13.1 Å². The molecule has 1 N–H and O–H groups in total. The fraction of sp³-hybridized carbons (Fsp3) is 1.00. The normalized spacial score (nSPS) is 34.4. The summed E-state index contributed by atoms with van der Waals surface area (Å²) in [6.45, 7) is 4.27. The van der Waals surface area contributed by atoms with Crippen molar-refractivity contribution < 1.29 is 8.42 Å². The SMILES string of the molecule is CC1CCCC(NS(=O)(=O)CCl)C1C. The molecule has 3 unspecified atom stereocenters. The predicted octanol–water partition coefficient (Wildman–Crippen LogP) is 1.93. The maximum atomic E-state index is 11.3. The summed E-state index contributed by atoms with van der Waals surface area (Å²) in [5.74, 6) is 0.994. The third-order valence-corrected chi connectivity index (χ3v) is 4.99. The van der Waals surface area contributed by atoms with Crippen molar-refractivity contribution in [2.45, 2.75) is 39.2 Å². The summed E-state index contributed by atoms with van der Waals surface area (Å²) >= 11 is 5.35. The Morgan fingerprint density at radius 2 is 2.00 bits per heavy atom. The van der Waals surface area contributed by atoms with Crippen molar-refractivity contribution in [2.24, 2.45) is 11.8 Å². The molecule has 0 amide bonds. The first-order valence-corrected chi connectivity index (χ1v) is 7.21. The van der Waals surface area contributed by atoms with E-state index in [2.05, 4.69) is 18.6 Å². The summed E-state index contributed by atoms with van der Waals surface area (Å²) in [6, 6.07) is 0.0718. The Balaban J connectivity index is 2.60. The van der Waals surface area contributed by atoms with E-state index in [1.54, 1.807) is 0 Å². The van der Waals surface area contributed by atoms with Gasteiger partial charge in [-0.1, -0.05) is 26.7 Å². The Bertz CT molecular complexity index is 279. The van der Waals surface area contributed by atoms with Gasteiger partial charge in [-0.3, -0.25) is 0 Å². The number of nitrogens with one attached hydrogen (secondary N) is 1. The van der Waals surface area contributed by atoms with Crippen LogP contribution in [-0.4, -0.2) is 19.7 Å². The Morgan fingerprint density at radius 3 is 2.57 bits per heavy atom. The highest BCUT2D eigenvalue weighted by Gasteiger charge is 2.29. The molecule has 1 aliphatic carbocycles. The van der Waals surface area contributed by atoms with Crippen LogP contribution in [0.25, 0.3) is 0 Å². The average molecular weight is 240 g/mol. The molecule has 0 aromatic heterocycles. The first-order valence-electron chi connectivity index (χ1n) is 5.02. The van der Waals surface area contributed by atoms with Crippen LogP contribution in [0.3, 0.4) is 0 Å². The van der Waals surface area contributed by atoms with Gasteiger partial charge in [0.1, 0.15) is 5.21 Å². The summed E-state index contributed by atoms with van der Waals surface area (Å²) in [6.07, 6.45) is 3.23. The summed E-state index contributed by atoms with van der Waals surface area (Å²) in [4.78, 5) is 0. The topological polar surface area (TPSA) is 46.2 Å². The largest absolute Gasteiger partial charge is 0.225 e. The van der Waals surface area contributed by atoms with E-state index >= 15 is 0 Å². The molecule has 1 aliphatic rings. The van der Waals surface area contributed by atoms with Crippen LogP contribution in [0.15, 0.2) is 0 Å². The van der Waals surface area contributed by atoms with E-state index in [1.807, 2.05) is 0 Å². The Morgan fingerprint density at radius 1 is 1.36 bits per heavy atom. The number of sulfonamides is 1. The Labute approximate surface area is 91.3 Å². The molecule has 1 fully saturated rings. The van der Waals surface area contributed by atoms with E-state index in [9.17, 15) is 8.42 Å². The van der Waals surface area contributed by atoms with Gasteiger partial charge >= 0.3 is 0 Å². The molecule has 0 aromatic carbocycles. The van der Waals surface area contributed by atoms with Gasteiger partial charge < -0.3 is 0 Å². The van der Waals surface area contributed by atoms with Crippen LogP contribution in [0.2, 0.25) is 0 Å². The van der Waals surface area contributed by atoms with E-state index in [-0.39, 0.29) is 11.3 Å². The standard InChI is InChI=1S/C9H18ClNO2S/c1-7-4-3-5-9(8(7)2)11-14(12,13)6-10/h7-9,11H,3-6H2,1-2H3. The lowest BCUT2D eigenvalue weighted by molar-refractivity contribution is 0.227. The third-order valence-electron chi connectivity index (χ3n) is 3.18. The maximum Gasteiger partial charge on any atom is 0.225 e. The molecule has 1 saturated carbocycles. The van der Waals surface area contributed by atoms with Crippen LogP contribution in [0, 0.1) is 11.8 Å². The third kappa shape index (κ3) is 3.11. The molecule has 14 heavy (non-hydrogen) atoms. The van der Waals surface area contributed by atoms with Crippen LogP contribution in [0.1, 0.15) is 33.1 Å². The van der Waals surface area contributed by atoms with Crippen LogP contribution in [0.4, 0.5) is 0 Å². The molecular weight excluding hydrogens is 222 g/mol. The highest BCUT2D eigenvalue weighted by molar-refractivity contribution is 7.90. The first-order chi connectivity index (χ1) is 6.46. The average Bonchev–Trinajstić information content (AvgIpc) is 2.13. The summed E-state index contributed by atoms with van der Waals surface area (Å²) in [5, 5.41) is -0.343. The van der Waals surface area contributed by atoms with Crippen molar-refractivity contribution in [1.82, 2.24) is 4.72 Å². The monoisotopic (exact) mass is 239 g/mol. The first kappa shape index (κ1) is 12.3. The van der Waals surface area contributed by atoms with Gasteiger partial charge in [0.2, 0.25) is 10.0 Å². The van der Waals surface area contributed by atoms with Crippen molar-refractivity contribution in [2.75, 3.05) is 5.21 Å². The lowest BCUT2D eigenvalue weighted by Gasteiger charge is -2.34. The maximum absolute atomic E-state index is 11.3. The van der Waals surface area contributed by atoms with Gasteiger partial charge in [-0.05, 0) is 18.3 Å². The molecule has 5 heteroatoms. The highest BCUT2D eigenvalue weighted by Crippen LogP contribution is 2.29. The van der Waals surface area contributed by atoms with Gasteiger partial charge in [-0.2, -0.15) is 0 Å². The van der Waals surface area contributed by atoms with E-state index in [0.29, 0.717) is 11.8 Å². The molecule has 3 atom stereocenters. The zero-order valence-corrected chi connectivity index (χ0v) is 10.2. The molecule has 1 rings (SSSR count). The fourth-order valence-electron chi connectivity index (χ4n) is 2.01. The van der Waals surface area contributed by atoms with Crippen molar-refractivity contribution in [3.63, 3.8) is 0 Å². The lowest BCUT2D eigenvalue weighted by Crippen LogP contribution is -2.43. The van der Waals surface area contributed by atoms with Crippen molar-refractivity contribution in [1.29, 1.82) is 0 Å². The van der Waals surface area contributed by atoms with Gasteiger partial charge in [0, 0.05) is 6.04 Å². The molecule has 0 aliphatic heterocycles. The molecule has 0 spiro atoms. The Kier molecular flexibility index (Phi) is 4.22. The molecule has 0 saturated heterocycles. The van der Waals surface area contributed by atoms with Crippen molar-refractivity contribution in [3.8, 4) is 0 Å². The molecule has 0 radical (unpaired) electrons. The minimum absolute atomic E-state index is 0.0718. The smallest absolute Gasteiger partial charge is 0.211 e. The number of alkyl halides is 1. The molecule has 0 aromatic rings. The minimum Gasteiger partial charge on any atom is -0.211 e. The predicted molar refractivity (Wildman–Crippen MR) is 58.7 cm³/mol. The van der Waals surface area contributed by atoms with E-state index < -0.39 is 10.0 Å². The Hall–Kier alpha value is 0.200. The number of rotatable bonds is 3. The lowest BCUT2D eigenvalue weighted by atomic mass is 9.78. The molecule has 84 valence electrons. The van der Waals surface area contributed by atoms with Crippen LogP contribution in [0.5, 0.6) is 0 Å². The van der Waals surface area contributed by atoms with Gasteiger partial charge in [0.15, 0.2) is 0 Å². The fourth-order valence-corrected chi connectivity index (χ4v) is 3.06. The molecule has 0 heterocycles. The summed E-state index contributed by atoms with van der Waals surface area (Å²) in [5.41, 5.74) is 0. The van der Waals surface area contributed by atoms with Gasteiger partial charge in [0.05, 0.1) is 0 Å². The number of hydrogen-bond acceptors (Lipinski definition) is 2. The van der Waals surface area contributed by atoms with Crippen molar-refractivity contribution in [3.05, 3.63) is 0 Å². The molecule has 0 bridgehead atoms. The summed E-state index contributed by atoms with van der Waals surface area (Å²) < 4.78 is 25.2. The van der Waals surface area contributed by atoms with E-state index in [1.165, 1.54) is 6.42 Å². The van der Waals surface area contributed by atoms with E-state index in [4.69, 9.17) is 11.6 Å². The van der Waals surface area contributed by atoms with Crippen LogP contribution in [-0.2, 0) is 10.0 Å². The number of hydrogen-bond donors (Lipinski definition) is 1. The highest BCUT2D eigenvalue weighted by atomic mass is 35.5. The second-order valence-corrected chi connectivity index (χ2v) is 6.55. The zero-order chi connectivity index (χ0) is 10.8. The quantitative estimate of drug-likeness (QED) is 0.765. The second kappa shape index (κ2) is 4.81. The van der Waals surface area contributed by atoms with Crippen LogP contribution < -0.4 is 4.72 Å². The number of halogens is 1. The van der Waals surface area contributed by atoms with Crippen LogP contribution >= 0.6 is 11.6 Å². The van der Waals surface area contributed by atoms with Gasteiger partial charge in [-0.15, -0.1) is 11.6 Å². The molecular formula is C9H18ClNO2S. The van der Waals surface area contributed by atoms with E-state index in [0.717, 1.165) is 12.8 Å². The van der Waals surface area contributed by atoms with Gasteiger partial charge in [0.25, 0.3) is 0 Å². The van der Waals surface area contributed by atoms with Crippen molar-refractivity contribution >= 4 is 21.6 Å².